The molecule has 1 aromatic carbocycles. The molecule has 0 fully saturated rings. The van der Waals surface area contributed by atoms with Gasteiger partial charge in [0.15, 0.2) is 0 Å². The van der Waals surface area contributed by atoms with Gasteiger partial charge in [-0.2, -0.15) is 0 Å². The van der Waals surface area contributed by atoms with E-state index in [1.165, 1.54) is 6.07 Å². The van der Waals surface area contributed by atoms with E-state index in [0.717, 1.165) is 11.3 Å². The van der Waals surface area contributed by atoms with Crippen LogP contribution in [-0.4, -0.2) is 18.4 Å². The summed E-state index contributed by atoms with van der Waals surface area (Å²) < 4.78 is 14.3. The van der Waals surface area contributed by atoms with E-state index in [9.17, 15) is 14.0 Å². The van der Waals surface area contributed by atoms with Gasteiger partial charge in [0.1, 0.15) is 10.7 Å². The maximum absolute atomic E-state index is 13.7. The Kier molecular flexibility index (Phi) is 3.87. The zero-order chi connectivity index (χ0) is 15.8. The van der Waals surface area contributed by atoms with Crippen LogP contribution in [0.2, 0.25) is 0 Å². The smallest absolute Gasteiger partial charge is 0.263 e. The third kappa shape index (κ3) is 2.82. The standard InChI is InChI=1S/C14H16FN3O2S/c1-14(2,13(17)20)6-18-12(19)11-10(16)9-7(15)4-3-5-8(9)21-11/h3-5H,6,16H2,1-2H3,(H2,17,20)(H,18,19). The minimum absolute atomic E-state index is 0.0807. The highest BCUT2D eigenvalue weighted by Crippen LogP contribution is 2.35. The zero-order valence-electron chi connectivity index (χ0n) is 11.7. The van der Waals surface area contributed by atoms with Gasteiger partial charge in [0, 0.05) is 11.2 Å². The number of nitrogens with two attached hydrogens (primary N) is 2. The van der Waals surface area contributed by atoms with Gasteiger partial charge in [-0.25, -0.2) is 4.39 Å². The third-order valence-corrected chi connectivity index (χ3v) is 4.44. The summed E-state index contributed by atoms with van der Waals surface area (Å²) in [5.74, 6) is -1.42. The molecular weight excluding hydrogens is 293 g/mol. The Hall–Kier alpha value is -2.15. The second-order valence-electron chi connectivity index (χ2n) is 5.39. The summed E-state index contributed by atoms with van der Waals surface area (Å²) >= 11 is 1.11. The largest absolute Gasteiger partial charge is 0.397 e. The molecule has 112 valence electrons. The van der Waals surface area contributed by atoms with Gasteiger partial charge >= 0.3 is 0 Å². The number of carbonyl (C=O) groups excluding carboxylic acids is 2. The van der Waals surface area contributed by atoms with Crippen LogP contribution in [0, 0.1) is 11.2 Å². The fourth-order valence-electron chi connectivity index (χ4n) is 1.77. The van der Waals surface area contributed by atoms with Crippen LogP contribution in [0.3, 0.4) is 0 Å². The van der Waals surface area contributed by atoms with Crippen molar-refractivity contribution in [1.82, 2.24) is 5.32 Å². The van der Waals surface area contributed by atoms with E-state index in [2.05, 4.69) is 5.32 Å². The van der Waals surface area contributed by atoms with Crippen LogP contribution in [0.1, 0.15) is 23.5 Å². The lowest BCUT2D eigenvalue weighted by Gasteiger charge is -2.20. The van der Waals surface area contributed by atoms with E-state index >= 15 is 0 Å². The van der Waals surface area contributed by atoms with Gasteiger partial charge in [0.25, 0.3) is 5.91 Å². The summed E-state index contributed by atoms with van der Waals surface area (Å²) in [4.78, 5) is 23.6. The van der Waals surface area contributed by atoms with Crippen molar-refractivity contribution in [3.63, 3.8) is 0 Å². The first-order valence-corrected chi connectivity index (χ1v) is 7.10. The van der Waals surface area contributed by atoms with Crippen molar-refractivity contribution >= 4 is 38.9 Å². The highest BCUT2D eigenvalue weighted by atomic mass is 32.1. The molecule has 2 rings (SSSR count). The van der Waals surface area contributed by atoms with Crippen LogP contribution in [0.5, 0.6) is 0 Å². The fraction of sp³-hybridized carbons (Fsp3) is 0.286. The Balaban J connectivity index is 2.27. The maximum atomic E-state index is 13.7. The summed E-state index contributed by atoms with van der Waals surface area (Å²) in [6.07, 6.45) is 0. The molecule has 1 heterocycles. The van der Waals surface area contributed by atoms with Crippen molar-refractivity contribution in [3.8, 4) is 0 Å². The molecule has 0 aliphatic rings. The van der Waals surface area contributed by atoms with E-state index < -0.39 is 23.0 Å². The molecule has 0 atom stereocenters. The number of fused-ring (bicyclic) bond motifs is 1. The number of hydrogen-bond acceptors (Lipinski definition) is 4. The van der Waals surface area contributed by atoms with Crippen molar-refractivity contribution < 1.29 is 14.0 Å². The van der Waals surface area contributed by atoms with Crippen LogP contribution >= 0.6 is 11.3 Å². The van der Waals surface area contributed by atoms with Crippen LogP contribution in [0.25, 0.3) is 10.1 Å². The van der Waals surface area contributed by atoms with Gasteiger partial charge in [-0.15, -0.1) is 11.3 Å². The zero-order valence-corrected chi connectivity index (χ0v) is 12.5. The lowest BCUT2D eigenvalue weighted by Crippen LogP contribution is -2.42. The molecule has 0 saturated carbocycles. The van der Waals surface area contributed by atoms with Crippen LogP contribution in [0.4, 0.5) is 10.1 Å². The highest BCUT2D eigenvalue weighted by molar-refractivity contribution is 7.21. The Morgan fingerprint density at radius 1 is 1.38 bits per heavy atom. The molecular formula is C14H16FN3O2S. The average Bonchev–Trinajstić information content (AvgIpc) is 2.75. The third-order valence-electron chi connectivity index (χ3n) is 3.27. The topological polar surface area (TPSA) is 98.2 Å². The monoisotopic (exact) mass is 309 g/mol. The number of anilines is 1. The van der Waals surface area contributed by atoms with Crippen molar-refractivity contribution in [2.24, 2.45) is 11.1 Å². The quantitative estimate of drug-likeness (QED) is 0.804. The Morgan fingerprint density at radius 2 is 2.05 bits per heavy atom. The molecule has 0 bridgehead atoms. The van der Waals surface area contributed by atoms with Gasteiger partial charge in [-0.1, -0.05) is 6.07 Å². The number of hydrogen-bond donors (Lipinski definition) is 3. The average molecular weight is 309 g/mol. The van der Waals surface area contributed by atoms with Crippen molar-refractivity contribution in [2.75, 3.05) is 12.3 Å². The summed E-state index contributed by atoms with van der Waals surface area (Å²) in [6, 6.07) is 4.55. The molecule has 2 amide bonds. The number of nitrogens with one attached hydrogen (secondary N) is 1. The van der Waals surface area contributed by atoms with E-state index in [0.29, 0.717) is 4.70 Å². The molecule has 0 spiro atoms. The predicted octanol–water partition coefficient (Wildman–Crippen LogP) is 1.86. The van der Waals surface area contributed by atoms with E-state index in [-0.39, 0.29) is 22.5 Å². The minimum atomic E-state index is -0.869. The first-order valence-electron chi connectivity index (χ1n) is 6.28. The number of primary amides is 1. The lowest BCUT2D eigenvalue weighted by molar-refractivity contribution is -0.125. The van der Waals surface area contributed by atoms with E-state index in [4.69, 9.17) is 11.5 Å². The van der Waals surface area contributed by atoms with Gasteiger partial charge in [-0.3, -0.25) is 9.59 Å². The van der Waals surface area contributed by atoms with Gasteiger partial charge in [0.2, 0.25) is 5.91 Å². The van der Waals surface area contributed by atoms with Crippen molar-refractivity contribution in [3.05, 3.63) is 28.9 Å². The van der Waals surface area contributed by atoms with Crippen molar-refractivity contribution in [2.45, 2.75) is 13.8 Å². The molecule has 21 heavy (non-hydrogen) atoms. The maximum Gasteiger partial charge on any atom is 0.263 e. The van der Waals surface area contributed by atoms with E-state index in [1.807, 2.05) is 0 Å². The van der Waals surface area contributed by atoms with Gasteiger partial charge in [-0.05, 0) is 26.0 Å². The van der Waals surface area contributed by atoms with Gasteiger partial charge in [0.05, 0.1) is 16.5 Å². The molecule has 1 aromatic heterocycles. The molecule has 7 heteroatoms. The summed E-state index contributed by atoms with van der Waals surface area (Å²) in [6.45, 7) is 3.34. The summed E-state index contributed by atoms with van der Waals surface area (Å²) in [7, 11) is 0. The lowest BCUT2D eigenvalue weighted by atomic mass is 9.93. The Bertz CT molecular complexity index is 724. The number of benzene rings is 1. The van der Waals surface area contributed by atoms with E-state index in [1.54, 1.807) is 26.0 Å². The second kappa shape index (κ2) is 5.33. The van der Waals surface area contributed by atoms with Gasteiger partial charge < -0.3 is 16.8 Å². The highest BCUT2D eigenvalue weighted by Gasteiger charge is 2.27. The number of amides is 2. The Morgan fingerprint density at radius 3 is 2.62 bits per heavy atom. The first-order chi connectivity index (χ1) is 9.74. The number of nitrogen functional groups attached to an aromatic ring is 1. The normalized spacial score (nSPS) is 11.6. The summed E-state index contributed by atoms with van der Waals surface area (Å²) in [5, 5.41) is 2.86. The Labute approximate surface area is 125 Å². The molecule has 5 nitrogen and oxygen atoms in total. The fourth-order valence-corrected chi connectivity index (χ4v) is 2.82. The van der Waals surface area contributed by atoms with Crippen molar-refractivity contribution in [1.29, 1.82) is 0 Å². The number of rotatable bonds is 4. The van der Waals surface area contributed by atoms with Crippen LogP contribution in [-0.2, 0) is 4.79 Å². The first kappa shape index (κ1) is 15.2. The molecule has 0 aliphatic heterocycles. The summed E-state index contributed by atoms with van der Waals surface area (Å²) in [5.41, 5.74) is 10.3. The SMILES string of the molecule is CC(C)(CNC(=O)c1sc2cccc(F)c2c1N)C(N)=O. The molecule has 0 aliphatic carbocycles. The number of carbonyl (C=O) groups is 2. The second-order valence-corrected chi connectivity index (χ2v) is 6.44. The molecule has 0 unspecified atom stereocenters. The molecule has 5 N–H and O–H groups in total. The molecule has 2 aromatic rings. The van der Waals surface area contributed by atoms with Crippen LogP contribution < -0.4 is 16.8 Å². The molecule has 0 radical (unpaired) electrons. The minimum Gasteiger partial charge on any atom is -0.397 e. The molecule has 0 saturated heterocycles. The predicted molar refractivity (Wildman–Crippen MR) is 81.5 cm³/mol. The number of halogens is 1. The van der Waals surface area contributed by atoms with Crippen LogP contribution in [0.15, 0.2) is 18.2 Å². The number of thiophene rings is 1.